The fraction of sp³-hybridized carbons (Fsp3) is 0.250. The van der Waals surface area contributed by atoms with Gasteiger partial charge in [0.1, 0.15) is 16.9 Å². The van der Waals surface area contributed by atoms with E-state index in [9.17, 15) is 14.9 Å². The summed E-state index contributed by atoms with van der Waals surface area (Å²) in [7, 11) is 1.38. The fourth-order valence-corrected chi connectivity index (χ4v) is 2.87. The second-order valence-electron chi connectivity index (χ2n) is 6.09. The highest BCUT2D eigenvalue weighted by Gasteiger charge is 2.26. The molecule has 146 valence electrons. The van der Waals surface area contributed by atoms with Crippen molar-refractivity contribution in [3.63, 3.8) is 0 Å². The first-order valence-corrected chi connectivity index (χ1v) is 8.73. The molecule has 0 aliphatic heterocycles. The number of ether oxygens (including phenoxy) is 2. The van der Waals surface area contributed by atoms with Crippen molar-refractivity contribution >= 4 is 22.6 Å². The van der Waals surface area contributed by atoms with Gasteiger partial charge in [0.05, 0.1) is 30.7 Å². The van der Waals surface area contributed by atoms with Gasteiger partial charge in [-0.25, -0.2) is 0 Å². The normalized spacial score (nSPS) is 11.8. The molecule has 1 aromatic heterocycles. The topological polar surface area (TPSA) is 104 Å². The first-order valence-electron chi connectivity index (χ1n) is 8.73. The quantitative estimate of drug-likeness (QED) is 0.483. The van der Waals surface area contributed by atoms with E-state index in [1.54, 1.807) is 13.8 Å². The molecule has 28 heavy (non-hydrogen) atoms. The van der Waals surface area contributed by atoms with Crippen LogP contribution in [0.15, 0.2) is 46.9 Å². The molecular formula is C20H20N2O6. The number of carbonyl (C=O) groups is 1. The number of nitrogens with zero attached hydrogens (tertiary/aromatic N) is 1. The zero-order valence-corrected chi connectivity index (χ0v) is 15.7. The molecule has 1 atom stereocenters. The summed E-state index contributed by atoms with van der Waals surface area (Å²) in [5.41, 5.74) is 0.222. The number of fused-ring (bicyclic) bond motifs is 1. The molecule has 0 saturated heterocycles. The van der Waals surface area contributed by atoms with Crippen molar-refractivity contribution in [3.8, 4) is 11.5 Å². The van der Waals surface area contributed by atoms with Gasteiger partial charge in [-0.1, -0.05) is 18.2 Å². The minimum Gasteiger partial charge on any atom is -0.493 e. The Labute approximate surface area is 161 Å². The van der Waals surface area contributed by atoms with E-state index >= 15 is 0 Å². The number of rotatable bonds is 7. The monoisotopic (exact) mass is 384 g/mol. The summed E-state index contributed by atoms with van der Waals surface area (Å²) in [4.78, 5) is 23.6. The highest BCUT2D eigenvalue weighted by Crippen LogP contribution is 2.35. The van der Waals surface area contributed by atoms with Gasteiger partial charge in [-0.05, 0) is 26.0 Å². The van der Waals surface area contributed by atoms with Crippen molar-refractivity contribution in [2.24, 2.45) is 0 Å². The first kappa shape index (κ1) is 19.2. The van der Waals surface area contributed by atoms with Crippen LogP contribution in [0.25, 0.3) is 11.0 Å². The Morgan fingerprint density at radius 1 is 1.25 bits per heavy atom. The summed E-state index contributed by atoms with van der Waals surface area (Å²) in [6.45, 7) is 3.84. The molecule has 0 aliphatic carbocycles. The van der Waals surface area contributed by atoms with Crippen molar-refractivity contribution in [1.29, 1.82) is 0 Å². The molecule has 1 unspecified atom stereocenters. The van der Waals surface area contributed by atoms with Crippen molar-refractivity contribution in [3.05, 3.63) is 63.9 Å². The Bertz CT molecular complexity index is 994. The van der Waals surface area contributed by atoms with Crippen LogP contribution in [-0.4, -0.2) is 24.5 Å². The lowest BCUT2D eigenvalue weighted by molar-refractivity contribution is -0.385. The Balaban J connectivity index is 1.91. The molecule has 8 nitrogen and oxygen atoms in total. The number of hydrogen-bond donors (Lipinski definition) is 1. The van der Waals surface area contributed by atoms with Crippen molar-refractivity contribution < 1.29 is 23.6 Å². The Morgan fingerprint density at radius 2 is 2.00 bits per heavy atom. The van der Waals surface area contributed by atoms with E-state index in [-0.39, 0.29) is 22.7 Å². The predicted octanol–water partition coefficient (Wildman–Crippen LogP) is 4.24. The molecular weight excluding hydrogens is 364 g/mol. The maximum Gasteiger partial charge on any atom is 0.286 e. The number of benzene rings is 2. The van der Waals surface area contributed by atoms with Gasteiger partial charge in [0.2, 0.25) is 0 Å². The van der Waals surface area contributed by atoms with Crippen LogP contribution in [0.1, 0.15) is 36.0 Å². The fourth-order valence-electron chi connectivity index (χ4n) is 2.87. The van der Waals surface area contributed by atoms with Gasteiger partial charge in [-0.15, -0.1) is 0 Å². The Morgan fingerprint density at radius 3 is 2.64 bits per heavy atom. The van der Waals surface area contributed by atoms with Crippen molar-refractivity contribution in [2.45, 2.75) is 19.9 Å². The molecule has 0 saturated carbocycles. The molecule has 1 heterocycles. The summed E-state index contributed by atoms with van der Waals surface area (Å²) < 4.78 is 16.3. The van der Waals surface area contributed by atoms with Crippen LogP contribution >= 0.6 is 0 Å². The minimum atomic E-state index is -0.626. The molecule has 0 spiro atoms. The first-order chi connectivity index (χ1) is 13.4. The third-order valence-electron chi connectivity index (χ3n) is 4.24. The lowest BCUT2D eigenvalue weighted by Gasteiger charge is -2.14. The SMILES string of the molecule is CCOc1cc(C(=O)NC(C)c2cc3ccccc3o2)c([N+](=O)[O-])cc1OC. The van der Waals surface area contributed by atoms with E-state index in [4.69, 9.17) is 13.9 Å². The summed E-state index contributed by atoms with van der Waals surface area (Å²) >= 11 is 0. The summed E-state index contributed by atoms with van der Waals surface area (Å²) in [5, 5.41) is 15.1. The van der Waals surface area contributed by atoms with E-state index in [0.717, 1.165) is 5.39 Å². The summed E-state index contributed by atoms with van der Waals surface area (Å²) in [6, 6.07) is 11.3. The van der Waals surface area contributed by atoms with Crippen LogP contribution in [0.4, 0.5) is 5.69 Å². The molecule has 1 N–H and O–H groups in total. The van der Waals surface area contributed by atoms with Crippen LogP contribution in [0.3, 0.4) is 0 Å². The van der Waals surface area contributed by atoms with Gasteiger partial charge < -0.3 is 19.2 Å². The molecule has 0 fully saturated rings. The van der Waals surface area contributed by atoms with Crippen LogP contribution in [-0.2, 0) is 0 Å². The third kappa shape index (κ3) is 3.75. The second-order valence-corrected chi connectivity index (χ2v) is 6.09. The maximum absolute atomic E-state index is 12.8. The number of nitro benzene ring substituents is 1. The maximum atomic E-state index is 12.8. The molecule has 1 amide bonds. The lowest BCUT2D eigenvalue weighted by Crippen LogP contribution is -2.27. The van der Waals surface area contributed by atoms with E-state index < -0.39 is 16.9 Å². The van der Waals surface area contributed by atoms with Crippen molar-refractivity contribution in [2.75, 3.05) is 13.7 Å². The van der Waals surface area contributed by atoms with Gasteiger partial charge in [-0.2, -0.15) is 0 Å². The van der Waals surface area contributed by atoms with Crippen LogP contribution in [0.2, 0.25) is 0 Å². The summed E-state index contributed by atoms with van der Waals surface area (Å²) in [5.74, 6) is 0.395. The van der Waals surface area contributed by atoms with Gasteiger partial charge in [0, 0.05) is 11.5 Å². The highest BCUT2D eigenvalue weighted by molar-refractivity contribution is 5.99. The average Bonchev–Trinajstić information content (AvgIpc) is 3.12. The Hall–Kier alpha value is -3.55. The largest absolute Gasteiger partial charge is 0.493 e. The predicted molar refractivity (Wildman–Crippen MR) is 103 cm³/mol. The molecule has 0 radical (unpaired) electrons. The van der Waals surface area contributed by atoms with Crippen LogP contribution in [0.5, 0.6) is 11.5 Å². The lowest BCUT2D eigenvalue weighted by atomic mass is 10.1. The molecule has 3 aromatic rings. The average molecular weight is 384 g/mol. The standard InChI is InChI=1S/C20H20N2O6/c1-4-27-19-10-14(15(22(24)25)11-18(19)26-3)20(23)21-12(2)17-9-13-7-5-6-8-16(13)28-17/h5-12H,4H2,1-3H3,(H,21,23). The Kier molecular flexibility index (Phi) is 5.49. The highest BCUT2D eigenvalue weighted by atomic mass is 16.6. The van der Waals surface area contributed by atoms with E-state index in [1.165, 1.54) is 19.2 Å². The number of furan rings is 1. The number of methoxy groups -OCH3 is 1. The van der Waals surface area contributed by atoms with E-state index in [0.29, 0.717) is 18.0 Å². The number of amides is 1. The van der Waals surface area contributed by atoms with Crippen molar-refractivity contribution in [1.82, 2.24) is 5.32 Å². The van der Waals surface area contributed by atoms with Gasteiger partial charge in [0.25, 0.3) is 11.6 Å². The molecule has 0 aliphatic rings. The zero-order chi connectivity index (χ0) is 20.3. The number of nitrogens with one attached hydrogen (secondary N) is 1. The van der Waals surface area contributed by atoms with E-state index in [1.807, 2.05) is 30.3 Å². The minimum absolute atomic E-state index is 0.114. The zero-order valence-electron chi connectivity index (χ0n) is 15.7. The summed E-state index contributed by atoms with van der Waals surface area (Å²) in [6.07, 6.45) is 0. The van der Waals surface area contributed by atoms with E-state index in [2.05, 4.69) is 5.32 Å². The van der Waals surface area contributed by atoms with Crippen LogP contribution < -0.4 is 14.8 Å². The number of para-hydroxylation sites is 1. The van der Waals surface area contributed by atoms with Crippen LogP contribution in [0, 0.1) is 10.1 Å². The smallest absolute Gasteiger partial charge is 0.286 e. The number of nitro groups is 1. The van der Waals surface area contributed by atoms with Gasteiger partial charge in [-0.3, -0.25) is 14.9 Å². The molecule has 2 aromatic carbocycles. The van der Waals surface area contributed by atoms with Gasteiger partial charge >= 0.3 is 0 Å². The second kappa shape index (κ2) is 7.99. The molecule has 8 heteroatoms. The van der Waals surface area contributed by atoms with Gasteiger partial charge in [0.15, 0.2) is 11.5 Å². The third-order valence-corrected chi connectivity index (χ3v) is 4.24. The molecule has 3 rings (SSSR count). The number of carbonyl (C=O) groups excluding carboxylic acids is 1. The number of hydrogen-bond acceptors (Lipinski definition) is 6. The molecule has 0 bridgehead atoms.